The molecule has 0 aromatic rings. The Hall–Kier alpha value is -0.260. The molecule has 0 spiro atoms. The molecule has 1 amide bonds. The summed E-state index contributed by atoms with van der Waals surface area (Å²) in [7, 11) is 1.37. The molecule has 0 heterocycles. The molecular weight excluding hydrogens is 263 g/mol. The monoisotopic (exact) mass is 275 g/mol. The summed E-state index contributed by atoms with van der Waals surface area (Å²) in [5.41, 5.74) is -0.609. The Morgan fingerprint density at radius 3 is 2.07 bits per heavy atom. The Labute approximate surface area is 89.6 Å². The van der Waals surface area contributed by atoms with Gasteiger partial charge in [0, 0.05) is 17.9 Å². The lowest BCUT2D eigenvalue weighted by molar-refractivity contribution is -0.163. The smallest absolute Gasteiger partial charge is 0.340 e. The zero-order valence-electron chi connectivity index (χ0n) is 8.28. The van der Waals surface area contributed by atoms with Crippen LogP contribution in [0, 0.1) is 0 Å². The van der Waals surface area contributed by atoms with Crippen LogP contribution in [0.1, 0.15) is 20.3 Å². The van der Waals surface area contributed by atoms with Crippen molar-refractivity contribution < 1.29 is 18.0 Å². The lowest BCUT2D eigenvalue weighted by Gasteiger charge is -2.34. The summed E-state index contributed by atoms with van der Waals surface area (Å²) in [6, 6.07) is 0. The maximum Gasteiger partial charge on any atom is 0.397 e. The van der Waals surface area contributed by atoms with Gasteiger partial charge in [-0.2, -0.15) is 13.2 Å². The van der Waals surface area contributed by atoms with Gasteiger partial charge in [0.1, 0.15) is 6.42 Å². The largest absolute Gasteiger partial charge is 0.397 e. The topological polar surface area (TPSA) is 20.3 Å². The fraction of sp³-hybridized carbons (Fsp3) is 0.875. The maximum atomic E-state index is 11.9. The van der Waals surface area contributed by atoms with Crippen LogP contribution in [0.25, 0.3) is 0 Å². The number of alkyl halides is 4. The normalized spacial score (nSPS) is 12.8. The molecule has 0 fully saturated rings. The predicted octanol–water partition coefficient (Wildman–Crippen LogP) is 2.57. The van der Waals surface area contributed by atoms with Gasteiger partial charge in [-0.25, -0.2) is 0 Å². The molecule has 84 valence electrons. The molecule has 14 heavy (non-hydrogen) atoms. The minimum absolute atomic E-state index is 0.431. The number of amides is 1. The van der Waals surface area contributed by atoms with Crippen LogP contribution >= 0.6 is 15.9 Å². The van der Waals surface area contributed by atoms with E-state index in [9.17, 15) is 18.0 Å². The van der Waals surface area contributed by atoms with Crippen LogP contribution in [0.3, 0.4) is 0 Å². The highest BCUT2D eigenvalue weighted by atomic mass is 79.9. The molecule has 0 aromatic heterocycles. The van der Waals surface area contributed by atoms with E-state index in [-0.39, 0.29) is 0 Å². The van der Waals surface area contributed by atoms with Crippen LogP contribution in [0.2, 0.25) is 0 Å². The van der Waals surface area contributed by atoms with Crippen LogP contribution in [-0.2, 0) is 4.79 Å². The first kappa shape index (κ1) is 13.7. The molecule has 2 nitrogen and oxygen atoms in total. The molecule has 0 rings (SSSR count). The summed E-state index contributed by atoms with van der Waals surface area (Å²) in [5, 5.41) is 0.431. The second-order valence-electron chi connectivity index (χ2n) is 3.69. The van der Waals surface area contributed by atoms with Crippen LogP contribution in [0.4, 0.5) is 13.2 Å². The van der Waals surface area contributed by atoms with Gasteiger partial charge >= 0.3 is 6.18 Å². The number of halogens is 4. The van der Waals surface area contributed by atoms with E-state index in [4.69, 9.17) is 0 Å². The number of carbonyl (C=O) groups excluding carboxylic acids is 1. The second-order valence-corrected chi connectivity index (χ2v) is 4.25. The minimum Gasteiger partial charge on any atom is -0.340 e. The van der Waals surface area contributed by atoms with Gasteiger partial charge in [-0.1, -0.05) is 15.9 Å². The Balaban J connectivity index is 4.41. The second kappa shape index (κ2) is 4.51. The summed E-state index contributed by atoms with van der Waals surface area (Å²) in [6.07, 6.45) is -5.84. The molecule has 6 heteroatoms. The summed E-state index contributed by atoms with van der Waals surface area (Å²) in [5.74, 6) is -0.915. The fourth-order valence-corrected chi connectivity index (χ4v) is 1.09. The van der Waals surface area contributed by atoms with E-state index in [1.165, 1.54) is 7.05 Å². The first-order chi connectivity index (χ1) is 6.10. The van der Waals surface area contributed by atoms with Crippen molar-refractivity contribution in [3.8, 4) is 0 Å². The van der Waals surface area contributed by atoms with E-state index in [1.54, 1.807) is 13.8 Å². The zero-order valence-corrected chi connectivity index (χ0v) is 9.87. The summed E-state index contributed by atoms with van der Waals surface area (Å²) in [6.45, 7) is 3.38. The maximum absolute atomic E-state index is 11.9. The van der Waals surface area contributed by atoms with Crippen molar-refractivity contribution in [2.45, 2.75) is 32.0 Å². The molecule has 0 saturated heterocycles. The standard InChI is InChI=1S/C8H13BrF3NO/c1-7(2,5-9)13(3)6(14)4-8(10,11)12/h4-5H2,1-3H3. The zero-order chi connectivity index (χ0) is 11.6. The van der Waals surface area contributed by atoms with Gasteiger partial charge in [0.25, 0.3) is 0 Å². The van der Waals surface area contributed by atoms with Gasteiger partial charge in [-0.15, -0.1) is 0 Å². The van der Waals surface area contributed by atoms with E-state index >= 15 is 0 Å². The lowest BCUT2D eigenvalue weighted by Crippen LogP contribution is -2.47. The van der Waals surface area contributed by atoms with E-state index in [2.05, 4.69) is 15.9 Å². The molecule has 0 radical (unpaired) electrons. The van der Waals surface area contributed by atoms with Crippen molar-refractivity contribution in [3.05, 3.63) is 0 Å². The highest BCUT2D eigenvalue weighted by Gasteiger charge is 2.36. The van der Waals surface area contributed by atoms with Gasteiger partial charge < -0.3 is 4.90 Å². The number of hydrogen-bond donors (Lipinski definition) is 0. The highest BCUT2D eigenvalue weighted by Crippen LogP contribution is 2.23. The van der Waals surface area contributed by atoms with E-state index < -0.39 is 24.0 Å². The molecule has 0 saturated carbocycles. The van der Waals surface area contributed by atoms with E-state index in [0.717, 1.165) is 4.90 Å². The van der Waals surface area contributed by atoms with Crippen molar-refractivity contribution in [2.24, 2.45) is 0 Å². The molecule has 0 N–H and O–H groups in total. The van der Waals surface area contributed by atoms with Gasteiger partial charge in [0.2, 0.25) is 5.91 Å². The van der Waals surface area contributed by atoms with Crippen molar-refractivity contribution in [2.75, 3.05) is 12.4 Å². The van der Waals surface area contributed by atoms with Crippen LogP contribution in [0.15, 0.2) is 0 Å². The Kier molecular flexibility index (Phi) is 4.42. The average Bonchev–Trinajstić information content (AvgIpc) is 2.00. The molecule has 0 aliphatic carbocycles. The van der Waals surface area contributed by atoms with E-state index in [1.807, 2.05) is 0 Å². The lowest BCUT2D eigenvalue weighted by atomic mass is 10.1. The van der Waals surface area contributed by atoms with Crippen molar-refractivity contribution in [1.29, 1.82) is 0 Å². The quantitative estimate of drug-likeness (QED) is 0.725. The van der Waals surface area contributed by atoms with Crippen molar-refractivity contribution in [1.82, 2.24) is 4.90 Å². The van der Waals surface area contributed by atoms with Gasteiger partial charge in [-0.3, -0.25) is 4.79 Å². The summed E-state index contributed by atoms with van der Waals surface area (Å²) in [4.78, 5) is 12.3. The molecule has 0 atom stereocenters. The van der Waals surface area contributed by atoms with Crippen LogP contribution in [0.5, 0.6) is 0 Å². The van der Waals surface area contributed by atoms with Gasteiger partial charge in [0.05, 0.1) is 0 Å². The summed E-state index contributed by atoms with van der Waals surface area (Å²) < 4.78 is 35.7. The molecule has 0 unspecified atom stereocenters. The highest BCUT2D eigenvalue weighted by molar-refractivity contribution is 9.09. The third kappa shape index (κ3) is 4.30. The number of nitrogens with zero attached hydrogens (tertiary/aromatic N) is 1. The van der Waals surface area contributed by atoms with Crippen molar-refractivity contribution >= 4 is 21.8 Å². The summed E-state index contributed by atoms with van der Waals surface area (Å²) >= 11 is 3.14. The Bertz CT molecular complexity index is 215. The molecule has 0 aromatic carbocycles. The number of rotatable bonds is 3. The minimum atomic E-state index is -4.44. The first-order valence-corrected chi connectivity index (χ1v) is 5.11. The third-order valence-electron chi connectivity index (χ3n) is 1.96. The van der Waals surface area contributed by atoms with Crippen LogP contribution < -0.4 is 0 Å². The third-order valence-corrected chi connectivity index (χ3v) is 3.33. The Morgan fingerprint density at radius 1 is 1.36 bits per heavy atom. The molecule has 0 bridgehead atoms. The average molecular weight is 276 g/mol. The molecule has 0 aliphatic heterocycles. The van der Waals surface area contributed by atoms with Gasteiger partial charge in [-0.05, 0) is 13.8 Å². The Morgan fingerprint density at radius 2 is 1.79 bits per heavy atom. The first-order valence-electron chi connectivity index (χ1n) is 3.99. The predicted molar refractivity (Wildman–Crippen MR) is 51.3 cm³/mol. The van der Waals surface area contributed by atoms with Crippen LogP contribution in [-0.4, -0.2) is 34.9 Å². The van der Waals surface area contributed by atoms with E-state index in [0.29, 0.717) is 5.33 Å². The SMILES string of the molecule is CN(C(=O)CC(F)(F)F)C(C)(C)CBr. The molecular formula is C8H13BrF3NO. The molecule has 0 aliphatic rings. The fourth-order valence-electron chi connectivity index (χ4n) is 0.717. The number of carbonyl (C=O) groups is 1. The van der Waals surface area contributed by atoms with Gasteiger partial charge in [0.15, 0.2) is 0 Å². The number of hydrogen-bond acceptors (Lipinski definition) is 1. The van der Waals surface area contributed by atoms with Crippen molar-refractivity contribution in [3.63, 3.8) is 0 Å².